The maximum Gasteiger partial charge on any atom is 0.269 e. The Hall–Kier alpha value is -1.89. The summed E-state index contributed by atoms with van der Waals surface area (Å²) in [6.07, 6.45) is 1.81. The number of nitrogens with zero attached hydrogens (tertiary/aromatic N) is 2. The molecule has 4 heteroatoms. The molecular formula is C12H12N2O2. The van der Waals surface area contributed by atoms with Crippen LogP contribution >= 0.6 is 0 Å². The van der Waals surface area contributed by atoms with E-state index in [-0.39, 0.29) is 11.6 Å². The first-order chi connectivity index (χ1) is 7.60. The fraction of sp³-hybridized carbons (Fsp3) is 0.417. The van der Waals surface area contributed by atoms with Crippen molar-refractivity contribution in [1.82, 2.24) is 0 Å². The number of benzene rings is 1. The molecule has 4 nitrogen and oxygen atoms in total. The van der Waals surface area contributed by atoms with Crippen molar-refractivity contribution in [1.29, 1.82) is 5.26 Å². The monoisotopic (exact) mass is 216 g/mol. The van der Waals surface area contributed by atoms with Gasteiger partial charge in [-0.3, -0.25) is 10.1 Å². The van der Waals surface area contributed by atoms with Gasteiger partial charge in [0, 0.05) is 12.1 Å². The molecule has 0 heterocycles. The van der Waals surface area contributed by atoms with Gasteiger partial charge in [-0.25, -0.2) is 0 Å². The van der Waals surface area contributed by atoms with E-state index < -0.39 is 10.3 Å². The van der Waals surface area contributed by atoms with Crippen LogP contribution in [0.2, 0.25) is 0 Å². The molecule has 1 fully saturated rings. The number of nitriles is 1. The van der Waals surface area contributed by atoms with Gasteiger partial charge >= 0.3 is 0 Å². The predicted molar refractivity (Wildman–Crippen MR) is 58.8 cm³/mol. The standard InChI is InChI=1S/C12H12N2O2/c1-9-5-6-12(9,8-13)10-3-2-4-11(7-10)14(15)16/h2-4,7,9H,5-6H2,1H3. The normalized spacial score (nSPS) is 27.9. The highest BCUT2D eigenvalue weighted by atomic mass is 16.6. The fourth-order valence-corrected chi connectivity index (χ4v) is 2.28. The van der Waals surface area contributed by atoms with Gasteiger partial charge in [0.15, 0.2) is 0 Å². The molecular weight excluding hydrogens is 204 g/mol. The summed E-state index contributed by atoms with van der Waals surface area (Å²) in [6, 6.07) is 8.77. The molecule has 2 rings (SSSR count). The smallest absolute Gasteiger partial charge is 0.258 e. The van der Waals surface area contributed by atoms with Crippen LogP contribution in [-0.2, 0) is 5.41 Å². The molecule has 0 aliphatic heterocycles. The molecule has 82 valence electrons. The van der Waals surface area contributed by atoms with E-state index in [1.807, 2.05) is 13.0 Å². The lowest BCUT2D eigenvalue weighted by molar-refractivity contribution is -0.385. The van der Waals surface area contributed by atoms with E-state index in [0.29, 0.717) is 0 Å². The van der Waals surface area contributed by atoms with E-state index in [0.717, 1.165) is 18.4 Å². The Labute approximate surface area is 93.7 Å². The molecule has 0 aromatic heterocycles. The lowest BCUT2D eigenvalue weighted by atomic mass is 9.58. The van der Waals surface area contributed by atoms with Gasteiger partial charge < -0.3 is 0 Å². The summed E-state index contributed by atoms with van der Waals surface area (Å²) in [6.45, 7) is 2.02. The molecule has 1 aliphatic rings. The van der Waals surface area contributed by atoms with Crippen LogP contribution in [0.25, 0.3) is 0 Å². The second-order valence-corrected chi connectivity index (χ2v) is 4.33. The van der Waals surface area contributed by atoms with Gasteiger partial charge in [-0.1, -0.05) is 19.1 Å². The predicted octanol–water partition coefficient (Wildman–Crippen LogP) is 2.79. The maximum absolute atomic E-state index is 10.7. The van der Waals surface area contributed by atoms with Crippen molar-refractivity contribution in [3.05, 3.63) is 39.9 Å². The summed E-state index contributed by atoms with van der Waals surface area (Å²) < 4.78 is 0. The van der Waals surface area contributed by atoms with Gasteiger partial charge in [-0.15, -0.1) is 0 Å². The highest BCUT2D eigenvalue weighted by Crippen LogP contribution is 2.48. The third-order valence-corrected chi connectivity index (χ3v) is 3.58. The zero-order valence-electron chi connectivity index (χ0n) is 9.01. The fourth-order valence-electron chi connectivity index (χ4n) is 2.28. The van der Waals surface area contributed by atoms with Crippen LogP contribution in [0.5, 0.6) is 0 Å². The molecule has 0 amide bonds. The van der Waals surface area contributed by atoms with E-state index >= 15 is 0 Å². The first-order valence-electron chi connectivity index (χ1n) is 5.26. The number of rotatable bonds is 2. The summed E-state index contributed by atoms with van der Waals surface area (Å²) in [5.41, 5.74) is 0.334. The average molecular weight is 216 g/mol. The average Bonchev–Trinajstić information content (AvgIpc) is 2.29. The van der Waals surface area contributed by atoms with Crippen molar-refractivity contribution in [3.8, 4) is 6.07 Å². The van der Waals surface area contributed by atoms with Gasteiger partial charge in [-0.2, -0.15) is 5.26 Å². The highest BCUT2D eigenvalue weighted by molar-refractivity contribution is 5.43. The first kappa shape index (κ1) is 10.6. The van der Waals surface area contributed by atoms with Crippen LogP contribution in [0, 0.1) is 27.4 Å². The van der Waals surface area contributed by atoms with Crippen LogP contribution in [-0.4, -0.2) is 4.92 Å². The van der Waals surface area contributed by atoms with Crippen LogP contribution in [0.1, 0.15) is 25.3 Å². The van der Waals surface area contributed by atoms with Crippen molar-refractivity contribution in [2.24, 2.45) is 5.92 Å². The van der Waals surface area contributed by atoms with Crippen molar-refractivity contribution in [2.75, 3.05) is 0 Å². The second kappa shape index (κ2) is 3.60. The lowest BCUT2D eigenvalue weighted by Gasteiger charge is -2.42. The van der Waals surface area contributed by atoms with Gasteiger partial charge in [0.25, 0.3) is 5.69 Å². The Morgan fingerprint density at radius 2 is 2.38 bits per heavy atom. The third-order valence-electron chi connectivity index (χ3n) is 3.58. The van der Waals surface area contributed by atoms with Gasteiger partial charge in [0.1, 0.15) is 0 Å². The van der Waals surface area contributed by atoms with E-state index in [1.165, 1.54) is 12.1 Å². The quantitative estimate of drug-likeness (QED) is 0.563. The van der Waals surface area contributed by atoms with Crippen LogP contribution < -0.4 is 0 Å². The second-order valence-electron chi connectivity index (χ2n) is 4.33. The summed E-state index contributed by atoms with van der Waals surface area (Å²) in [5.74, 6) is 0.277. The Bertz CT molecular complexity index is 478. The van der Waals surface area contributed by atoms with Crippen LogP contribution in [0.4, 0.5) is 5.69 Å². The summed E-state index contributed by atoms with van der Waals surface area (Å²) >= 11 is 0. The van der Waals surface area contributed by atoms with Crippen molar-refractivity contribution < 1.29 is 4.92 Å². The van der Waals surface area contributed by atoms with Gasteiger partial charge in [0.05, 0.1) is 16.4 Å². The Kier molecular flexibility index (Phi) is 2.39. The van der Waals surface area contributed by atoms with Crippen LogP contribution in [0.3, 0.4) is 0 Å². The van der Waals surface area contributed by atoms with E-state index in [4.69, 9.17) is 0 Å². The summed E-state index contributed by atoms with van der Waals surface area (Å²) in [7, 11) is 0. The third kappa shape index (κ3) is 1.36. The van der Waals surface area contributed by atoms with Crippen molar-refractivity contribution >= 4 is 5.69 Å². The molecule has 0 N–H and O–H groups in total. The van der Waals surface area contributed by atoms with E-state index in [9.17, 15) is 15.4 Å². The molecule has 0 radical (unpaired) electrons. The van der Waals surface area contributed by atoms with E-state index in [2.05, 4.69) is 6.07 Å². The molecule has 0 bridgehead atoms. The molecule has 1 aromatic rings. The zero-order chi connectivity index (χ0) is 11.8. The minimum absolute atomic E-state index is 0.0613. The molecule has 2 unspecified atom stereocenters. The lowest BCUT2D eigenvalue weighted by Crippen LogP contribution is -2.41. The molecule has 1 aromatic carbocycles. The Morgan fingerprint density at radius 1 is 1.62 bits per heavy atom. The van der Waals surface area contributed by atoms with Crippen molar-refractivity contribution in [2.45, 2.75) is 25.2 Å². The summed E-state index contributed by atoms with van der Waals surface area (Å²) in [5, 5.41) is 19.9. The number of nitro groups is 1. The number of non-ortho nitro benzene ring substituents is 1. The minimum Gasteiger partial charge on any atom is -0.258 e. The van der Waals surface area contributed by atoms with Crippen molar-refractivity contribution in [3.63, 3.8) is 0 Å². The number of nitro benzene ring substituents is 1. The number of hydrogen-bond acceptors (Lipinski definition) is 3. The molecule has 1 aliphatic carbocycles. The van der Waals surface area contributed by atoms with Gasteiger partial charge in [-0.05, 0) is 24.3 Å². The topological polar surface area (TPSA) is 66.9 Å². The molecule has 16 heavy (non-hydrogen) atoms. The maximum atomic E-state index is 10.7. The van der Waals surface area contributed by atoms with Gasteiger partial charge in [0.2, 0.25) is 0 Å². The molecule has 2 atom stereocenters. The Morgan fingerprint density at radius 3 is 2.81 bits per heavy atom. The molecule has 0 spiro atoms. The number of hydrogen-bond donors (Lipinski definition) is 0. The first-order valence-corrected chi connectivity index (χ1v) is 5.26. The minimum atomic E-state index is -0.508. The zero-order valence-corrected chi connectivity index (χ0v) is 9.01. The largest absolute Gasteiger partial charge is 0.269 e. The van der Waals surface area contributed by atoms with Crippen LogP contribution in [0.15, 0.2) is 24.3 Å². The summed E-state index contributed by atoms with van der Waals surface area (Å²) in [4.78, 5) is 10.3. The molecule has 1 saturated carbocycles. The SMILES string of the molecule is CC1CCC1(C#N)c1cccc([N+](=O)[O-])c1. The Balaban J connectivity index is 2.45. The molecule has 0 saturated heterocycles. The van der Waals surface area contributed by atoms with E-state index in [1.54, 1.807) is 6.07 Å². The highest BCUT2D eigenvalue weighted by Gasteiger charge is 2.46.